The number of aromatic nitrogens is 1. The number of carboxylic acid groups (broad SMARTS) is 1. The Kier molecular flexibility index (Phi) is 4.88. The number of aliphatic carboxylic acids is 1. The Morgan fingerprint density at radius 1 is 1.04 bits per heavy atom. The van der Waals surface area contributed by atoms with Crippen LogP contribution in [-0.4, -0.2) is 21.8 Å². The number of carbonyl (C=O) groups is 2. The molecule has 4 nitrogen and oxygen atoms in total. The molecule has 0 fully saturated rings. The number of carboxylic acids is 1. The lowest BCUT2D eigenvalue weighted by Gasteiger charge is -2.10. The molecular formula is C21H20ClNO3. The summed E-state index contributed by atoms with van der Waals surface area (Å²) in [6.07, 6.45) is 0. The molecule has 0 aliphatic carbocycles. The Morgan fingerprint density at radius 2 is 1.69 bits per heavy atom. The lowest BCUT2D eigenvalue weighted by Crippen LogP contribution is -2.13. The summed E-state index contributed by atoms with van der Waals surface area (Å²) in [5.41, 5.74) is 3.16. The first kappa shape index (κ1) is 18.2. The van der Waals surface area contributed by atoms with Crippen LogP contribution in [0.25, 0.3) is 10.9 Å². The van der Waals surface area contributed by atoms with E-state index in [-0.39, 0.29) is 5.78 Å². The second-order valence-electron chi connectivity index (χ2n) is 6.77. The Labute approximate surface area is 156 Å². The van der Waals surface area contributed by atoms with Crippen molar-refractivity contribution in [1.29, 1.82) is 0 Å². The smallest absolute Gasteiger partial charge is 0.310 e. The lowest BCUT2D eigenvalue weighted by molar-refractivity contribution is -0.138. The van der Waals surface area contributed by atoms with Crippen molar-refractivity contribution in [2.75, 3.05) is 0 Å². The van der Waals surface area contributed by atoms with Crippen molar-refractivity contribution in [1.82, 2.24) is 4.98 Å². The highest BCUT2D eigenvalue weighted by molar-refractivity contribution is 6.30. The fourth-order valence-electron chi connectivity index (χ4n) is 3.09. The number of halogens is 1. The number of fused-ring (bicyclic) bond motifs is 1. The van der Waals surface area contributed by atoms with Crippen molar-refractivity contribution in [3.8, 4) is 0 Å². The molecule has 1 unspecified atom stereocenters. The van der Waals surface area contributed by atoms with Crippen molar-refractivity contribution in [3.05, 3.63) is 69.9 Å². The van der Waals surface area contributed by atoms with Gasteiger partial charge in [-0.2, -0.15) is 0 Å². The second-order valence-corrected chi connectivity index (χ2v) is 7.21. The fraction of sp³-hybridized carbons (Fsp3) is 0.238. The number of hydrogen-bond donors (Lipinski definition) is 2. The number of aromatic amines is 1. The minimum Gasteiger partial charge on any atom is -0.481 e. The third kappa shape index (κ3) is 3.25. The number of carbonyl (C=O) groups excluding carboxylic acids is 1. The molecule has 1 aromatic heterocycles. The molecule has 0 radical (unpaired) electrons. The van der Waals surface area contributed by atoms with Gasteiger partial charge in [0.05, 0.1) is 11.6 Å². The third-order valence-electron chi connectivity index (χ3n) is 4.67. The molecule has 0 amide bonds. The molecule has 2 aromatic carbocycles. The van der Waals surface area contributed by atoms with Crippen LogP contribution in [0.15, 0.2) is 42.5 Å². The first-order valence-corrected chi connectivity index (χ1v) is 8.86. The molecule has 5 heteroatoms. The zero-order valence-electron chi connectivity index (χ0n) is 14.8. The molecule has 0 aliphatic rings. The van der Waals surface area contributed by atoms with Crippen molar-refractivity contribution in [2.24, 2.45) is 0 Å². The van der Waals surface area contributed by atoms with Gasteiger partial charge in [-0.05, 0) is 54.8 Å². The van der Waals surface area contributed by atoms with Crippen LogP contribution in [0.4, 0.5) is 0 Å². The van der Waals surface area contributed by atoms with Gasteiger partial charge in [-0.15, -0.1) is 0 Å². The van der Waals surface area contributed by atoms with Gasteiger partial charge in [0.1, 0.15) is 0 Å². The second kappa shape index (κ2) is 6.96. The van der Waals surface area contributed by atoms with E-state index in [4.69, 9.17) is 11.6 Å². The van der Waals surface area contributed by atoms with E-state index < -0.39 is 11.9 Å². The molecule has 0 spiro atoms. The van der Waals surface area contributed by atoms with Crippen LogP contribution in [0, 0.1) is 0 Å². The molecule has 2 N–H and O–H groups in total. The van der Waals surface area contributed by atoms with Gasteiger partial charge in [0, 0.05) is 27.1 Å². The zero-order chi connectivity index (χ0) is 19.0. The van der Waals surface area contributed by atoms with Gasteiger partial charge in [0.2, 0.25) is 5.78 Å². The summed E-state index contributed by atoms with van der Waals surface area (Å²) in [5.74, 6) is -1.71. The van der Waals surface area contributed by atoms with Crippen LogP contribution in [0.5, 0.6) is 0 Å². The molecule has 1 atom stereocenters. The quantitative estimate of drug-likeness (QED) is 0.594. The summed E-state index contributed by atoms with van der Waals surface area (Å²) < 4.78 is 0. The predicted octanol–water partition coefficient (Wildman–Crippen LogP) is 5.36. The Bertz CT molecular complexity index is 986. The van der Waals surface area contributed by atoms with Crippen LogP contribution in [0.3, 0.4) is 0 Å². The standard InChI is InChI=1S/C21H20ClNO3/c1-11(2)14-6-9-17-16(10-14)18(12(3)21(25)26)19(23-17)20(24)13-4-7-15(22)8-5-13/h4-12,23H,1-3H3,(H,25,26). The molecule has 134 valence electrons. The molecular weight excluding hydrogens is 350 g/mol. The molecule has 0 aliphatic heterocycles. The summed E-state index contributed by atoms with van der Waals surface area (Å²) in [7, 11) is 0. The summed E-state index contributed by atoms with van der Waals surface area (Å²) in [6, 6.07) is 12.5. The fourth-order valence-corrected chi connectivity index (χ4v) is 3.21. The van der Waals surface area contributed by atoms with Crippen LogP contribution in [0.1, 0.15) is 59.8 Å². The highest BCUT2D eigenvalue weighted by atomic mass is 35.5. The van der Waals surface area contributed by atoms with Crippen molar-refractivity contribution < 1.29 is 14.7 Å². The predicted molar refractivity (Wildman–Crippen MR) is 103 cm³/mol. The van der Waals surface area contributed by atoms with Crippen LogP contribution in [-0.2, 0) is 4.79 Å². The monoisotopic (exact) mass is 369 g/mol. The maximum absolute atomic E-state index is 13.0. The topological polar surface area (TPSA) is 70.2 Å². The highest BCUT2D eigenvalue weighted by Crippen LogP contribution is 2.33. The Hall–Kier alpha value is -2.59. The minimum atomic E-state index is -0.967. The van der Waals surface area contributed by atoms with E-state index in [9.17, 15) is 14.7 Å². The molecule has 0 saturated heterocycles. The van der Waals surface area contributed by atoms with Gasteiger partial charge in [0.25, 0.3) is 0 Å². The molecule has 1 heterocycles. The SMILES string of the molecule is CC(C)c1ccc2[nH]c(C(=O)c3ccc(Cl)cc3)c(C(C)C(=O)O)c2c1. The van der Waals surface area contributed by atoms with Crippen LogP contribution >= 0.6 is 11.6 Å². The highest BCUT2D eigenvalue weighted by Gasteiger charge is 2.27. The van der Waals surface area contributed by atoms with E-state index in [0.717, 1.165) is 16.5 Å². The van der Waals surface area contributed by atoms with E-state index in [2.05, 4.69) is 18.8 Å². The first-order chi connectivity index (χ1) is 12.3. The molecule has 3 rings (SSSR count). The van der Waals surface area contributed by atoms with Gasteiger partial charge in [-0.25, -0.2) is 0 Å². The number of benzene rings is 2. The van der Waals surface area contributed by atoms with Gasteiger partial charge in [0.15, 0.2) is 0 Å². The molecule has 26 heavy (non-hydrogen) atoms. The minimum absolute atomic E-state index is 0.243. The van der Waals surface area contributed by atoms with Gasteiger partial charge >= 0.3 is 5.97 Å². The van der Waals surface area contributed by atoms with Gasteiger partial charge in [-0.1, -0.05) is 31.5 Å². The average Bonchev–Trinajstić information content (AvgIpc) is 2.99. The third-order valence-corrected chi connectivity index (χ3v) is 4.92. The summed E-state index contributed by atoms with van der Waals surface area (Å²) >= 11 is 5.90. The zero-order valence-corrected chi connectivity index (χ0v) is 15.6. The van der Waals surface area contributed by atoms with E-state index in [0.29, 0.717) is 27.8 Å². The number of rotatable bonds is 5. The number of nitrogens with one attached hydrogen (secondary N) is 1. The number of ketones is 1. The molecule has 3 aromatic rings. The number of H-pyrrole nitrogens is 1. The van der Waals surface area contributed by atoms with E-state index in [1.165, 1.54) is 0 Å². The van der Waals surface area contributed by atoms with E-state index >= 15 is 0 Å². The molecule has 0 saturated carbocycles. The maximum Gasteiger partial charge on any atom is 0.310 e. The molecule has 0 bridgehead atoms. The summed E-state index contributed by atoms with van der Waals surface area (Å²) in [6.45, 7) is 5.76. The van der Waals surface area contributed by atoms with E-state index in [1.54, 1.807) is 31.2 Å². The van der Waals surface area contributed by atoms with E-state index in [1.807, 2.05) is 18.2 Å². The maximum atomic E-state index is 13.0. The first-order valence-electron chi connectivity index (χ1n) is 8.48. The lowest BCUT2D eigenvalue weighted by atomic mass is 9.92. The van der Waals surface area contributed by atoms with Crippen molar-refractivity contribution >= 4 is 34.3 Å². The van der Waals surface area contributed by atoms with Crippen molar-refractivity contribution in [2.45, 2.75) is 32.6 Å². The Balaban J connectivity index is 2.23. The average molecular weight is 370 g/mol. The van der Waals surface area contributed by atoms with Crippen LogP contribution < -0.4 is 0 Å². The summed E-state index contributed by atoms with van der Waals surface area (Å²) in [4.78, 5) is 27.8. The van der Waals surface area contributed by atoms with Crippen LogP contribution in [0.2, 0.25) is 5.02 Å². The van der Waals surface area contributed by atoms with Gasteiger partial charge < -0.3 is 10.1 Å². The van der Waals surface area contributed by atoms with Gasteiger partial charge in [-0.3, -0.25) is 9.59 Å². The largest absolute Gasteiger partial charge is 0.481 e. The Morgan fingerprint density at radius 3 is 2.27 bits per heavy atom. The number of hydrogen-bond acceptors (Lipinski definition) is 2. The van der Waals surface area contributed by atoms with Crippen molar-refractivity contribution in [3.63, 3.8) is 0 Å². The normalized spacial score (nSPS) is 12.5. The summed E-state index contributed by atoms with van der Waals surface area (Å²) in [5, 5.41) is 10.9.